The lowest BCUT2D eigenvalue weighted by Crippen LogP contribution is -2.39. The molecule has 0 fully saturated rings. The molecule has 3 N–H and O–H groups in total. The SMILES string of the molecule is N=C1c2ccoc2NCN1c1ccc(NC(=O)Cc2cc(C(F)(F)F)cc(C(F)(F)F)c2)cc1. The fourth-order valence-electron chi connectivity index (χ4n) is 3.47. The fraction of sp³-hybridized carbons (Fsp3) is 0.182. The summed E-state index contributed by atoms with van der Waals surface area (Å²) in [6, 6.07) is 8.96. The molecule has 1 aliphatic rings. The number of carbonyl (C=O) groups excluding carboxylic acids is 1. The Bertz CT molecular complexity index is 1200. The molecular weight excluding hydrogens is 466 g/mol. The third-order valence-corrected chi connectivity index (χ3v) is 5.06. The predicted molar refractivity (Wildman–Crippen MR) is 112 cm³/mol. The third kappa shape index (κ3) is 4.85. The van der Waals surface area contributed by atoms with Gasteiger partial charge in [0.05, 0.1) is 36.0 Å². The van der Waals surface area contributed by atoms with Crippen LogP contribution in [-0.2, 0) is 23.6 Å². The van der Waals surface area contributed by atoms with Crippen molar-refractivity contribution in [3.8, 4) is 0 Å². The molecule has 1 amide bonds. The first kappa shape index (κ1) is 23.2. The first-order valence-corrected chi connectivity index (χ1v) is 9.78. The summed E-state index contributed by atoms with van der Waals surface area (Å²) in [5.74, 6) is -0.103. The number of furan rings is 1. The summed E-state index contributed by atoms with van der Waals surface area (Å²) < 4.78 is 83.3. The number of carbonyl (C=O) groups is 1. The Labute approximate surface area is 188 Å². The minimum Gasteiger partial charge on any atom is -0.448 e. The van der Waals surface area contributed by atoms with E-state index >= 15 is 0 Å². The lowest BCUT2D eigenvalue weighted by Gasteiger charge is -2.29. The number of fused-ring (bicyclic) bond motifs is 1. The van der Waals surface area contributed by atoms with Gasteiger partial charge in [0.1, 0.15) is 5.84 Å². The molecule has 0 saturated carbocycles. The van der Waals surface area contributed by atoms with Crippen molar-refractivity contribution < 1.29 is 35.6 Å². The molecule has 34 heavy (non-hydrogen) atoms. The second-order valence-electron chi connectivity index (χ2n) is 7.46. The maximum absolute atomic E-state index is 13.0. The zero-order valence-corrected chi connectivity index (χ0v) is 17.1. The number of amides is 1. The molecule has 0 atom stereocenters. The summed E-state index contributed by atoms with van der Waals surface area (Å²) in [5, 5.41) is 13.8. The third-order valence-electron chi connectivity index (χ3n) is 5.06. The Balaban J connectivity index is 1.46. The average Bonchev–Trinajstić information content (AvgIpc) is 3.23. The van der Waals surface area contributed by atoms with Crippen LogP contribution in [0.3, 0.4) is 0 Å². The molecule has 4 rings (SSSR count). The van der Waals surface area contributed by atoms with Crippen molar-refractivity contribution in [2.75, 3.05) is 22.2 Å². The molecule has 3 aromatic rings. The summed E-state index contributed by atoms with van der Waals surface area (Å²) in [4.78, 5) is 14.0. The molecule has 2 heterocycles. The van der Waals surface area contributed by atoms with Crippen molar-refractivity contribution in [2.24, 2.45) is 0 Å². The van der Waals surface area contributed by atoms with Gasteiger partial charge in [-0.05, 0) is 54.1 Å². The van der Waals surface area contributed by atoms with Crippen LogP contribution >= 0.6 is 0 Å². The number of hydrogen-bond donors (Lipinski definition) is 3. The van der Waals surface area contributed by atoms with Gasteiger partial charge in [-0.3, -0.25) is 10.2 Å². The summed E-state index contributed by atoms with van der Waals surface area (Å²) in [6.45, 7) is 0.266. The van der Waals surface area contributed by atoms with Crippen LogP contribution in [0.15, 0.2) is 59.2 Å². The second kappa shape index (κ2) is 8.43. The zero-order valence-electron chi connectivity index (χ0n) is 17.1. The largest absolute Gasteiger partial charge is 0.448 e. The summed E-state index contributed by atoms with van der Waals surface area (Å²) in [7, 11) is 0. The van der Waals surface area contributed by atoms with Crippen molar-refractivity contribution >= 4 is 29.0 Å². The Hall–Kier alpha value is -3.96. The summed E-state index contributed by atoms with van der Waals surface area (Å²) >= 11 is 0. The molecule has 0 bridgehead atoms. The average molecular weight is 482 g/mol. The number of nitrogens with zero attached hydrogens (tertiary/aromatic N) is 1. The molecule has 1 aliphatic heterocycles. The number of nitrogens with one attached hydrogen (secondary N) is 3. The number of hydrogen-bond acceptors (Lipinski definition) is 4. The van der Waals surface area contributed by atoms with Crippen molar-refractivity contribution in [2.45, 2.75) is 18.8 Å². The second-order valence-corrected chi connectivity index (χ2v) is 7.46. The Morgan fingerprint density at radius 2 is 1.62 bits per heavy atom. The quantitative estimate of drug-likeness (QED) is 0.416. The van der Waals surface area contributed by atoms with Crippen LogP contribution in [-0.4, -0.2) is 18.4 Å². The number of amidine groups is 1. The minimum atomic E-state index is -4.99. The van der Waals surface area contributed by atoms with Gasteiger partial charge in [0.15, 0.2) is 0 Å². The van der Waals surface area contributed by atoms with E-state index in [0.717, 1.165) is 0 Å². The lowest BCUT2D eigenvalue weighted by molar-refractivity contribution is -0.143. The Morgan fingerprint density at radius 1 is 1.00 bits per heavy atom. The van der Waals surface area contributed by atoms with Gasteiger partial charge in [0, 0.05) is 11.4 Å². The van der Waals surface area contributed by atoms with E-state index in [1.807, 2.05) is 0 Å². The number of anilines is 3. The van der Waals surface area contributed by atoms with Gasteiger partial charge in [-0.1, -0.05) is 0 Å². The molecule has 0 saturated heterocycles. The highest BCUT2D eigenvalue weighted by Crippen LogP contribution is 2.36. The number of rotatable bonds is 4. The van der Waals surface area contributed by atoms with Crippen LogP contribution in [0.4, 0.5) is 43.6 Å². The smallest absolute Gasteiger partial charge is 0.416 e. The number of benzene rings is 2. The Morgan fingerprint density at radius 3 is 2.21 bits per heavy atom. The van der Waals surface area contributed by atoms with E-state index in [1.54, 1.807) is 23.1 Å². The molecule has 0 radical (unpaired) electrons. The van der Waals surface area contributed by atoms with E-state index in [1.165, 1.54) is 18.4 Å². The zero-order chi connectivity index (χ0) is 24.7. The van der Waals surface area contributed by atoms with E-state index in [0.29, 0.717) is 29.3 Å². The van der Waals surface area contributed by atoms with Gasteiger partial charge in [-0.25, -0.2) is 0 Å². The van der Waals surface area contributed by atoms with Crippen LogP contribution in [0, 0.1) is 5.41 Å². The van der Waals surface area contributed by atoms with Crippen molar-refractivity contribution in [1.29, 1.82) is 5.41 Å². The van der Waals surface area contributed by atoms with Crippen LogP contribution in [0.2, 0.25) is 0 Å². The van der Waals surface area contributed by atoms with E-state index in [2.05, 4.69) is 10.6 Å². The highest BCUT2D eigenvalue weighted by atomic mass is 19.4. The number of alkyl halides is 6. The molecule has 2 aromatic carbocycles. The first-order chi connectivity index (χ1) is 15.9. The van der Waals surface area contributed by atoms with Crippen LogP contribution < -0.4 is 15.5 Å². The lowest BCUT2D eigenvalue weighted by atomic mass is 10.0. The molecule has 0 unspecified atom stereocenters. The molecule has 0 spiro atoms. The maximum Gasteiger partial charge on any atom is 0.416 e. The summed E-state index contributed by atoms with van der Waals surface area (Å²) in [5.41, 5.74) is -1.89. The van der Waals surface area contributed by atoms with Gasteiger partial charge >= 0.3 is 12.4 Å². The predicted octanol–water partition coefficient (Wildman–Crippen LogP) is 5.71. The molecule has 178 valence electrons. The first-order valence-electron chi connectivity index (χ1n) is 9.78. The van der Waals surface area contributed by atoms with Crippen molar-refractivity contribution in [3.05, 3.63) is 77.0 Å². The van der Waals surface area contributed by atoms with Crippen LogP contribution in [0.25, 0.3) is 0 Å². The van der Waals surface area contributed by atoms with E-state index in [9.17, 15) is 31.1 Å². The van der Waals surface area contributed by atoms with Crippen LogP contribution in [0.1, 0.15) is 22.3 Å². The monoisotopic (exact) mass is 482 g/mol. The highest BCUT2D eigenvalue weighted by Gasteiger charge is 2.37. The molecule has 1 aromatic heterocycles. The standard InChI is InChI=1S/C22H16F6N4O2/c23-21(24,25)13-7-12(8-14(10-13)22(26,27)28)9-18(33)31-15-1-3-16(4-2-15)32-11-30-20-17(19(32)29)5-6-34-20/h1-8,10,29-30H,9,11H2,(H,31,33). The number of halogens is 6. The molecule has 6 nitrogen and oxygen atoms in total. The molecule has 12 heteroatoms. The van der Waals surface area contributed by atoms with E-state index in [4.69, 9.17) is 9.83 Å². The van der Waals surface area contributed by atoms with Gasteiger partial charge in [0.2, 0.25) is 11.8 Å². The highest BCUT2D eigenvalue weighted by molar-refractivity contribution is 6.12. The summed E-state index contributed by atoms with van der Waals surface area (Å²) in [6.07, 6.45) is -9.21. The van der Waals surface area contributed by atoms with Crippen molar-refractivity contribution in [3.63, 3.8) is 0 Å². The molecular formula is C22H16F6N4O2. The van der Waals surface area contributed by atoms with E-state index < -0.39 is 41.4 Å². The van der Waals surface area contributed by atoms with Gasteiger partial charge in [0.25, 0.3) is 0 Å². The fourth-order valence-corrected chi connectivity index (χ4v) is 3.47. The topological polar surface area (TPSA) is 81.4 Å². The van der Waals surface area contributed by atoms with Crippen molar-refractivity contribution in [1.82, 2.24) is 0 Å². The molecule has 0 aliphatic carbocycles. The maximum atomic E-state index is 13.0. The van der Waals surface area contributed by atoms with Gasteiger partial charge in [-0.2, -0.15) is 26.3 Å². The van der Waals surface area contributed by atoms with Gasteiger partial charge < -0.3 is 20.0 Å². The normalized spacial score (nSPS) is 13.9. The Kier molecular flexibility index (Phi) is 5.75. The minimum absolute atomic E-state index is 0.0135. The van der Waals surface area contributed by atoms with Gasteiger partial charge in [-0.15, -0.1) is 0 Å². The van der Waals surface area contributed by atoms with Crippen LogP contribution in [0.5, 0.6) is 0 Å². The van der Waals surface area contributed by atoms with E-state index in [-0.39, 0.29) is 24.3 Å².